The summed E-state index contributed by atoms with van der Waals surface area (Å²) in [6.45, 7) is 0. The lowest BCUT2D eigenvalue weighted by atomic mass is 9.89. The van der Waals surface area contributed by atoms with Gasteiger partial charge in [0, 0.05) is 0 Å². The largest absolute Gasteiger partial charge is 0.507 e. The topological polar surface area (TPSA) is 115 Å². The highest BCUT2D eigenvalue weighted by molar-refractivity contribution is 5.91. The smallest absolute Gasteiger partial charge is 0.339 e. The maximum atomic E-state index is 11.0. The third-order valence-electron chi connectivity index (χ3n) is 3.31. The van der Waals surface area contributed by atoms with E-state index in [1.807, 2.05) is 0 Å². The summed E-state index contributed by atoms with van der Waals surface area (Å²) in [5.74, 6) is -3.15. The predicted molar refractivity (Wildman–Crippen MR) is 73.3 cm³/mol. The average Bonchev–Trinajstić information content (AvgIpc) is 2.42. The molecule has 0 radical (unpaired) electrons. The molecule has 0 bridgehead atoms. The minimum Gasteiger partial charge on any atom is -0.507 e. The van der Waals surface area contributed by atoms with Gasteiger partial charge in [-0.15, -0.1) is 0 Å². The van der Waals surface area contributed by atoms with Gasteiger partial charge in [0.2, 0.25) is 0 Å². The molecule has 21 heavy (non-hydrogen) atoms. The Morgan fingerprint density at radius 3 is 2.48 bits per heavy atom. The van der Waals surface area contributed by atoms with Crippen molar-refractivity contribution >= 4 is 11.9 Å². The lowest BCUT2D eigenvalue weighted by Crippen LogP contribution is -2.13. The first-order chi connectivity index (χ1) is 9.88. The molecular formula is C15H14O6. The van der Waals surface area contributed by atoms with Crippen molar-refractivity contribution in [2.24, 2.45) is 5.92 Å². The second kappa shape index (κ2) is 5.70. The first kappa shape index (κ1) is 14.6. The Morgan fingerprint density at radius 1 is 1.14 bits per heavy atom. The van der Waals surface area contributed by atoms with Crippen molar-refractivity contribution in [3.05, 3.63) is 52.8 Å². The SMILES string of the molecule is O=C(O)C1=CC(Cc2ccc(O)c(C(=O)O)c2)CC=C1O. The predicted octanol–water partition coefficient (Wildman–Crippen LogP) is 2.11. The molecular weight excluding hydrogens is 276 g/mol. The van der Waals surface area contributed by atoms with Crippen LogP contribution in [0.25, 0.3) is 0 Å². The zero-order chi connectivity index (χ0) is 15.6. The molecule has 0 fully saturated rings. The van der Waals surface area contributed by atoms with Crippen molar-refractivity contribution in [3.8, 4) is 5.75 Å². The summed E-state index contributed by atoms with van der Waals surface area (Å²) in [5, 5.41) is 36.8. The Morgan fingerprint density at radius 2 is 1.86 bits per heavy atom. The number of allylic oxidation sites excluding steroid dienone is 2. The van der Waals surface area contributed by atoms with Crippen LogP contribution in [0.5, 0.6) is 5.75 Å². The molecule has 6 nitrogen and oxygen atoms in total. The molecule has 2 rings (SSSR count). The van der Waals surface area contributed by atoms with Gasteiger partial charge in [-0.2, -0.15) is 0 Å². The zero-order valence-corrected chi connectivity index (χ0v) is 11.0. The van der Waals surface area contributed by atoms with Gasteiger partial charge in [-0.05, 0) is 42.5 Å². The van der Waals surface area contributed by atoms with Gasteiger partial charge in [0.05, 0.1) is 5.57 Å². The van der Waals surface area contributed by atoms with Crippen LogP contribution >= 0.6 is 0 Å². The molecule has 0 heterocycles. The molecule has 1 unspecified atom stereocenters. The van der Waals surface area contributed by atoms with E-state index < -0.39 is 11.9 Å². The molecule has 1 aromatic carbocycles. The maximum Gasteiger partial charge on any atom is 0.339 e. The van der Waals surface area contributed by atoms with Crippen LogP contribution in [0, 0.1) is 5.92 Å². The Balaban J connectivity index is 2.22. The fourth-order valence-electron chi connectivity index (χ4n) is 2.27. The fourth-order valence-corrected chi connectivity index (χ4v) is 2.27. The number of benzene rings is 1. The van der Waals surface area contributed by atoms with Crippen molar-refractivity contribution in [2.45, 2.75) is 12.8 Å². The van der Waals surface area contributed by atoms with Gasteiger partial charge in [-0.1, -0.05) is 12.1 Å². The van der Waals surface area contributed by atoms with Crippen LogP contribution in [0.1, 0.15) is 22.3 Å². The van der Waals surface area contributed by atoms with E-state index >= 15 is 0 Å². The van der Waals surface area contributed by atoms with E-state index in [9.17, 15) is 19.8 Å². The summed E-state index contributed by atoms with van der Waals surface area (Å²) in [6.07, 6.45) is 3.78. The molecule has 4 N–H and O–H groups in total. The van der Waals surface area contributed by atoms with Crippen LogP contribution in [0.15, 0.2) is 41.7 Å². The van der Waals surface area contributed by atoms with E-state index in [1.165, 1.54) is 24.3 Å². The number of carboxylic acid groups (broad SMARTS) is 2. The molecule has 0 saturated carbocycles. The molecule has 6 heteroatoms. The van der Waals surface area contributed by atoms with Crippen molar-refractivity contribution in [2.75, 3.05) is 0 Å². The Kier molecular flexibility index (Phi) is 3.98. The van der Waals surface area contributed by atoms with Crippen LogP contribution in [-0.4, -0.2) is 32.4 Å². The van der Waals surface area contributed by atoms with Crippen molar-refractivity contribution < 1.29 is 30.0 Å². The maximum absolute atomic E-state index is 11.0. The van der Waals surface area contributed by atoms with Gasteiger partial charge in [-0.25, -0.2) is 9.59 Å². The summed E-state index contributed by atoms with van der Waals surface area (Å²) in [5.41, 5.74) is 0.332. The van der Waals surface area contributed by atoms with Crippen molar-refractivity contribution in [1.29, 1.82) is 0 Å². The summed E-state index contributed by atoms with van der Waals surface area (Å²) in [4.78, 5) is 21.9. The monoisotopic (exact) mass is 290 g/mol. The summed E-state index contributed by atoms with van der Waals surface area (Å²) >= 11 is 0. The number of aliphatic carboxylic acids is 1. The molecule has 110 valence electrons. The molecule has 0 aliphatic heterocycles. The normalized spacial score (nSPS) is 17.8. The zero-order valence-electron chi connectivity index (χ0n) is 11.0. The molecule has 1 aliphatic carbocycles. The number of aliphatic hydroxyl groups is 1. The van der Waals surface area contributed by atoms with E-state index in [0.717, 1.165) is 0 Å². The number of aromatic hydroxyl groups is 1. The summed E-state index contributed by atoms with van der Waals surface area (Å²) in [6, 6.07) is 4.26. The van der Waals surface area contributed by atoms with E-state index in [4.69, 9.17) is 10.2 Å². The summed E-state index contributed by atoms with van der Waals surface area (Å²) < 4.78 is 0. The number of aromatic carboxylic acids is 1. The number of hydrogen-bond donors (Lipinski definition) is 4. The number of carboxylic acids is 2. The molecule has 0 spiro atoms. The van der Waals surface area contributed by atoms with Crippen LogP contribution in [-0.2, 0) is 11.2 Å². The number of carbonyl (C=O) groups is 2. The number of rotatable bonds is 4. The van der Waals surface area contributed by atoms with Gasteiger partial charge in [-0.3, -0.25) is 0 Å². The van der Waals surface area contributed by atoms with Gasteiger partial charge >= 0.3 is 11.9 Å². The first-order valence-electron chi connectivity index (χ1n) is 6.28. The standard InChI is InChI=1S/C15H14O6/c16-12-3-1-8(6-10(12)14(18)19)5-9-2-4-13(17)11(7-9)15(20)21/h1,3-4,6-7,9,16-17H,2,5H2,(H,18,19)(H,20,21). The van der Waals surface area contributed by atoms with E-state index in [-0.39, 0.29) is 28.6 Å². The number of hydrogen-bond acceptors (Lipinski definition) is 4. The molecule has 1 aliphatic rings. The fraction of sp³-hybridized carbons (Fsp3) is 0.200. The second-order valence-electron chi connectivity index (χ2n) is 4.83. The van der Waals surface area contributed by atoms with Crippen molar-refractivity contribution in [1.82, 2.24) is 0 Å². The van der Waals surface area contributed by atoms with Gasteiger partial charge < -0.3 is 20.4 Å². The highest BCUT2D eigenvalue weighted by atomic mass is 16.4. The van der Waals surface area contributed by atoms with E-state index in [0.29, 0.717) is 18.4 Å². The van der Waals surface area contributed by atoms with Crippen LogP contribution in [0.3, 0.4) is 0 Å². The number of phenols is 1. The molecule has 1 atom stereocenters. The van der Waals surface area contributed by atoms with Crippen LogP contribution < -0.4 is 0 Å². The highest BCUT2D eigenvalue weighted by Gasteiger charge is 2.21. The Bertz CT molecular complexity index is 656. The Hall–Kier alpha value is -2.76. The van der Waals surface area contributed by atoms with Crippen molar-refractivity contribution in [3.63, 3.8) is 0 Å². The molecule has 1 aromatic rings. The lowest BCUT2D eigenvalue weighted by molar-refractivity contribution is -0.132. The lowest BCUT2D eigenvalue weighted by Gasteiger charge is -2.17. The Labute approximate surface area is 120 Å². The van der Waals surface area contributed by atoms with Gasteiger partial charge in [0.15, 0.2) is 0 Å². The molecule has 0 amide bonds. The third kappa shape index (κ3) is 3.22. The average molecular weight is 290 g/mol. The number of aliphatic hydroxyl groups excluding tert-OH is 1. The minimum atomic E-state index is -1.22. The third-order valence-corrected chi connectivity index (χ3v) is 3.31. The highest BCUT2D eigenvalue weighted by Crippen LogP contribution is 2.26. The van der Waals surface area contributed by atoms with Crippen LogP contribution in [0.4, 0.5) is 0 Å². The van der Waals surface area contributed by atoms with E-state index in [2.05, 4.69) is 0 Å². The van der Waals surface area contributed by atoms with E-state index in [1.54, 1.807) is 6.07 Å². The first-order valence-corrected chi connectivity index (χ1v) is 6.28. The minimum absolute atomic E-state index is 0.150. The van der Waals surface area contributed by atoms with Gasteiger partial charge in [0.1, 0.15) is 17.1 Å². The molecule has 0 saturated heterocycles. The molecule has 0 aromatic heterocycles. The van der Waals surface area contributed by atoms with Crippen LogP contribution in [0.2, 0.25) is 0 Å². The quantitative estimate of drug-likeness (QED) is 0.675. The second-order valence-corrected chi connectivity index (χ2v) is 4.83. The summed E-state index contributed by atoms with van der Waals surface area (Å²) in [7, 11) is 0. The van der Waals surface area contributed by atoms with Gasteiger partial charge in [0.25, 0.3) is 0 Å².